The molecule has 2 rings (SSSR count). The fraction of sp³-hybridized carbons (Fsp3) is 0.500. The Kier molecular flexibility index (Phi) is 5.85. The number of nitrogens with zero attached hydrogens (tertiary/aromatic N) is 1. The Morgan fingerprint density at radius 3 is 2.70 bits per heavy atom. The summed E-state index contributed by atoms with van der Waals surface area (Å²) in [6, 6.07) is 5.14. The van der Waals surface area contributed by atoms with Crippen molar-refractivity contribution in [3.8, 4) is 5.75 Å². The molecule has 126 valence electrons. The lowest BCUT2D eigenvalue weighted by molar-refractivity contribution is -0.139. The van der Waals surface area contributed by atoms with E-state index in [0.717, 1.165) is 12.8 Å². The summed E-state index contributed by atoms with van der Waals surface area (Å²) in [6.45, 7) is 2.65. The number of carboxylic acid groups (broad SMARTS) is 1. The molecule has 1 aromatic carbocycles. The van der Waals surface area contributed by atoms with E-state index in [1.54, 1.807) is 18.2 Å². The quantitative estimate of drug-likeness (QED) is 0.794. The summed E-state index contributed by atoms with van der Waals surface area (Å²) in [7, 11) is 1.50. The highest BCUT2D eigenvalue weighted by Crippen LogP contribution is 2.27. The van der Waals surface area contributed by atoms with Gasteiger partial charge >= 0.3 is 5.97 Å². The molecule has 0 aromatic heterocycles. The maximum Gasteiger partial charge on any atom is 0.317 e. The lowest BCUT2D eigenvalue weighted by Crippen LogP contribution is -2.54. The number of aliphatic carboxylic acids is 1. The van der Waals surface area contributed by atoms with E-state index in [4.69, 9.17) is 21.4 Å². The van der Waals surface area contributed by atoms with Crippen molar-refractivity contribution in [2.45, 2.75) is 31.8 Å². The summed E-state index contributed by atoms with van der Waals surface area (Å²) < 4.78 is 5.18. The number of rotatable bonds is 7. The first-order valence-corrected chi connectivity index (χ1v) is 7.92. The van der Waals surface area contributed by atoms with Crippen LogP contribution in [0.1, 0.15) is 30.1 Å². The highest BCUT2D eigenvalue weighted by atomic mass is 35.5. The number of methoxy groups -OCH3 is 1. The first-order chi connectivity index (χ1) is 10.9. The minimum absolute atomic E-state index is 0.0317. The molecule has 1 fully saturated rings. The summed E-state index contributed by atoms with van der Waals surface area (Å²) in [4.78, 5) is 25.1. The van der Waals surface area contributed by atoms with Gasteiger partial charge in [-0.15, -0.1) is 0 Å². The second-order valence-corrected chi connectivity index (χ2v) is 6.03. The monoisotopic (exact) mass is 340 g/mol. The van der Waals surface area contributed by atoms with Crippen LogP contribution >= 0.6 is 11.6 Å². The third-order valence-corrected chi connectivity index (χ3v) is 4.35. The van der Waals surface area contributed by atoms with Gasteiger partial charge < -0.3 is 15.2 Å². The van der Waals surface area contributed by atoms with Crippen molar-refractivity contribution in [3.63, 3.8) is 0 Å². The predicted octanol–water partition coefficient (Wildman–Crippen LogP) is 2.02. The van der Waals surface area contributed by atoms with Crippen molar-refractivity contribution in [2.75, 3.05) is 20.2 Å². The average molecular weight is 341 g/mol. The van der Waals surface area contributed by atoms with Gasteiger partial charge in [0, 0.05) is 17.1 Å². The fourth-order valence-corrected chi connectivity index (χ4v) is 2.97. The molecule has 1 amide bonds. The summed E-state index contributed by atoms with van der Waals surface area (Å²) in [6.07, 6.45) is 1.49. The van der Waals surface area contributed by atoms with E-state index >= 15 is 0 Å². The van der Waals surface area contributed by atoms with Crippen molar-refractivity contribution in [3.05, 3.63) is 28.8 Å². The lowest BCUT2D eigenvalue weighted by atomic mass is 9.85. The van der Waals surface area contributed by atoms with Gasteiger partial charge in [-0.05, 0) is 37.6 Å². The van der Waals surface area contributed by atoms with Gasteiger partial charge in [-0.2, -0.15) is 0 Å². The largest absolute Gasteiger partial charge is 0.496 e. The maximum absolute atomic E-state index is 12.3. The zero-order valence-electron chi connectivity index (χ0n) is 13.2. The number of likely N-dealkylation sites (N-methyl/N-ethyl adjacent to an activating group) is 1. The van der Waals surface area contributed by atoms with E-state index in [9.17, 15) is 9.59 Å². The van der Waals surface area contributed by atoms with Crippen LogP contribution in [-0.4, -0.2) is 54.2 Å². The van der Waals surface area contributed by atoms with Crippen molar-refractivity contribution >= 4 is 23.5 Å². The number of ether oxygens (including phenoxy) is 1. The van der Waals surface area contributed by atoms with Crippen molar-refractivity contribution < 1.29 is 19.4 Å². The molecule has 1 saturated carbocycles. The molecule has 23 heavy (non-hydrogen) atoms. The molecule has 1 aliphatic rings. The highest BCUT2D eigenvalue weighted by Gasteiger charge is 2.35. The summed E-state index contributed by atoms with van der Waals surface area (Å²) in [5.41, 5.74) is 0.404. The third kappa shape index (κ3) is 4.36. The van der Waals surface area contributed by atoms with Gasteiger partial charge in [0.05, 0.1) is 19.2 Å². The average Bonchev–Trinajstić information content (AvgIpc) is 2.48. The minimum atomic E-state index is -0.831. The van der Waals surface area contributed by atoms with Crippen LogP contribution in [0.2, 0.25) is 5.02 Å². The molecule has 0 unspecified atom stereocenters. The summed E-state index contributed by atoms with van der Waals surface area (Å²) >= 11 is 5.94. The summed E-state index contributed by atoms with van der Waals surface area (Å²) in [5, 5.41) is 12.3. The standard InChI is InChI=1S/C16H21ClN2O4/c1-3-19(9-15(20)21)12-7-11(8-12)18-16(22)13-6-10(17)4-5-14(13)23-2/h4-6,11-12H,3,7-9H2,1-2H3,(H,18,22)(H,20,21). The van der Waals surface area contributed by atoms with Gasteiger partial charge in [-0.25, -0.2) is 0 Å². The van der Waals surface area contributed by atoms with Crippen molar-refractivity contribution in [1.82, 2.24) is 10.2 Å². The molecule has 0 saturated heterocycles. The molecule has 0 radical (unpaired) electrons. The molecule has 0 bridgehead atoms. The third-order valence-electron chi connectivity index (χ3n) is 4.12. The molecule has 0 aliphatic heterocycles. The van der Waals surface area contributed by atoms with E-state index in [1.165, 1.54) is 7.11 Å². The molecule has 0 heterocycles. The van der Waals surface area contributed by atoms with Gasteiger partial charge in [0.1, 0.15) is 5.75 Å². The zero-order valence-corrected chi connectivity index (χ0v) is 14.0. The topological polar surface area (TPSA) is 78.9 Å². The van der Waals surface area contributed by atoms with Gasteiger partial charge in [0.2, 0.25) is 0 Å². The van der Waals surface area contributed by atoms with Gasteiger partial charge in [0.15, 0.2) is 0 Å². The molecule has 6 nitrogen and oxygen atoms in total. The Hall–Kier alpha value is -1.79. The maximum atomic E-state index is 12.3. The Labute approximate surface area is 140 Å². The molecule has 1 aliphatic carbocycles. The van der Waals surface area contributed by atoms with Crippen LogP contribution in [0.25, 0.3) is 0 Å². The number of nitrogens with one attached hydrogen (secondary N) is 1. The van der Waals surface area contributed by atoms with Crippen LogP contribution in [0.5, 0.6) is 5.75 Å². The van der Waals surface area contributed by atoms with E-state index in [0.29, 0.717) is 22.9 Å². The second kappa shape index (κ2) is 7.66. The minimum Gasteiger partial charge on any atom is -0.496 e. The van der Waals surface area contributed by atoms with Gasteiger partial charge in [-0.3, -0.25) is 14.5 Å². The van der Waals surface area contributed by atoms with Crippen LogP contribution in [0.4, 0.5) is 0 Å². The molecule has 0 spiro atoms. The number of hydrogen-bond acceptors (Lipinski definition) is 4. The molecule has 0 atom stereocenters. The van der Waals surface area contributed by atoms with Crippen LogP contribution in [0.3, 0.4) is 0 Å². The Morgan fingerprint density at radius 1 is 1.43 bits per heavy atom. The van der Waals surface area contributed by atoms with Crippen LogP contribution < -0.4 is 10.1 Å². The fourth-order valence-electron chi connectivity index (χ4n) is 2.80. The van der Waals surface area contributed by atoms with Crippen molar-refractivity contribution in [2.24, 2.45) is 0 Å². The molecule has 1 aromatic rings. The Bertz CT molecular complexity index is 587. The summed E-state index contributed by atoms with van der Waals surface area (Å²) in [5.74, 6) is -0.582. The number of carbonyl (C=O) groups excluding carboxylic acids is 1. The highest BCUT2D eigenvalue weighted by molar-refractivity contribution is 6.31. The molecular weight excluding hydrogens is 320 g/mol. The first-order valence-electron chi connectivity index (χ1n) is 7.54. The van der Waals surface area contributed by atoms with E-state index in [2.05, 4.69) is 5.32 Å². The normalized spacial score (nSPS) is 20.0. The number of carboxylic acids is 1. The van der Waals surface area contributed by atoms with Crippen LogP contribution in [0, 0.1) is 0 Å². The SMILES string of the molecule is CCN(CC(=O)O)C1CC(NC(=O)c2cc(Cl)ccc2OC)C1. The van der Waals surface area contributed by atoms with Crippen LogP contribution in [0.15, 0.2) is 18.2 Å². The van der Waals surface area contributed by atoms with Gasteiger partial charge in [0.25, 0.3) is 5.91 Å². The number of benzene rings is 1. The Balaban J connectivity index is 1.91. The lowest BCUT2D eigenvalue weighted by Gasteiger charge is -2.42. The molecule has 7 heteroatoms. The van der Waals surface area contributed by atoms with E-state index in [-0.39, 0.29) is 24.5 Å². The van der Waals surface area contributed by atoms with E-state index < -0.39 is 5.97 Å². The predicted molar refractivity (Wildman–Crippen MR) is 87.2 cm³/mol. The Morgan fingerprint density at radius 2 is 2.13 bits per heavy atom. The first kappa shape index (κ1) is 17.6. The molecule has 2 N–H and O–H groups in total. The second-order valence-electron chi connectivity index (χ2n) is 5.60. The molecular formula is C16H21ClN2O4. The number of halogens is 1. The van der Waals surface area contributed by atoms with Crippen LogP contribution in [-0.2, 0) is 4.79 Å². The van der Waals surface area contributed by atoms with Gasteiger partial charge in [-0.1, -0.05) is 18.5 Å². The number of carbonyl (C=O) groups is 2. The number of hydrogen-bond donors (Lipinski definition) is 2. The van der Waals surface area contributed by atoms with Crippen molar-refractivity contribution in [1.29, 1.82) is 0 Å². The zero-order chi connectivity index (χ0) is 17.0. The smallest absolute Gasteiger partial charge is 0.317 e. The number of amides is 1. The van der Waals surface area contributed by atoms with E-state index in [1.807, 2.05) is 11.8 Å².